The summed E-state index contributed by atoms with van der Waals surface area (Å²) in [5, 5.41) is 13.0. The first-order chi connectivity index (χ1) is 13.7. The number of amides is 1. The van der Waals surface area contributed by atoms with Gasteiger partial charge in [0.25, 0.3) is 0 Å². The van der Waals surface area contributed by atoms with Crippen molar-refractivity contribution in [2.75, 3.05) is 5.32 Å². The summed E-state index contributed by atoms with van der Waals surface area (Å²) in [7, 11) is 0. The van der Waals surface area contributed by atoms with Gasteiger partial charge in [0.05, 0.1) is 17.0 Å². The van der Waals surface area contributed by atoms with E-state index in [1.54, 1.807) is 18.5 Å². The number of nitrogens with one attached hydrogen (secondary N) is 1. The molecule has 6 heteroatoms. The lowest BCUT2D eigenvalue weighted by Crippen LogP contribution is -2.22. The predicted molar refractivity (Wildman–Crippen MR) is 110 cm³/mol. The summed E-state index contributed by atoms with van der Waals surface area (Å²) in [4.78, 5) is 22.2. The minimum Gasteiger partial charge on any atom is -0.506 e. The van der Waals surface area contributed by atoms with Crippen LogP contribution in [0.3, 0.4) is 0 Å². The van der Waals surface area contributed by atoms with Crippen molar-refractivity contribution in [3.63, 3.8) is 0 Å². The van der Waals surface area contributed by atoms with Crippen molar-refractivity contribution >= 4 is 22.4 Å². The van der Waals surface area contributed by atoms with E-state index in [-0.39, 0.29) is 11.7 Å². The smallest absolute Gasteiger partial charge is 0.238 e. The largest absolute Gasteiger partial charge is 0.506 e. The summed E-state index contributed by atoms with van der Waals surface area (Å²) in [6, 6.07) is 21.0. The van der Waals surface area contributed by atoms with Crippen molar-refractivity contribution in [1.29, 1.82) is 0 Å². The fraction of sp³-hybridized carbons (Fsp3) is 0.0455. The number of pyridine rings is 1. The number of thiazole rings is 1. The van der Waals surface area contributed by atoms with Crippen LogP contribution in [0, 0.1) is 0 Å². The number of aromatic hydroxyl groups is 1. The number of benzene rings is 2. The molecule has 2 N–H and O–H groups in total. The SMILES string of the molecule is O=C(Nc1ncc(-c2cncc(O)c2)s1)C(c1ccccc1)c1ccccc1. The number of hydrogen-bond acceptors (Lipinski definition) is 5. The zero-order valence-electron chi connectivity index (χ0n) is 14.8. The zero-order valence-corrected chi connectivity index (χ0v) is 15.6. The first kappa shape index (κ1) is 17.9. The molecule has 0 spiro atoms. The number of anilines is 1. The maximum atomic E-state index is 13.1. The van der Waals surface area contributed by atoms with Gasteiger partial charge in [0, 0.05) is 18.0 Å². The van der Waals surface area contributed by atoms with Crippen molar-refractivity contribution in [1.82, 2.24) is 9.97 Å². The third kappa shape index (κ3) is 3.92. The van der Waals surface area contributed by atoms with Crippen molar-refractivity contribution < 1.29 is 9.90 Å². The highest BCUT2D eigenvalue weighted by Gasteiger charge is 2.23. The second-order valence-corrected chi connectivity index (χ2v) is 7.24. The number of rotatable bonds is 5. The van der Waals surface area contributed by atoms with Gasteiger partial charge in [0.15, 0.2) is 5.13 Å². The van der Waals surface area contributed by atoms with E-state index in [1.165, 1.54) is 17.5 Å². The van der Waals surface area contributed by atoms with Crippen molar-refractivity contribution in [2.45, 2.75) is 5.92 Å². The molecular formula is C22H17N3O2S. The molecule has 28 heavy (non-hydrogen) atoms. The Bertz CT molecular complexity index is 1040. The molecule has 0 bridgehead atoms. The zero-order chi connectivity index (χ0) is 19.3. The molecular weight excluding hydrogens is 370 g/mol. The summed E-state index contributed by atoms with van der Waals surface area (Å²) in [5.41, 5.74) is 2.58. The van der Waals surface area contributed by atoms with Gasteiger partial charge in [0.1, 0.15) is 5.75 Å². The summed E-state index contributed by atoms with van der Waals surface area (Å²) in [5.74, 6) is -0.491. The molecule has 0 unspecified atom stereocenters. The minimum atomic E-state index is -0.433. The van der Waals surface area contributed by atoms with Crippen LogP contribution in [0.2, 0.25) is 0 Å². The van der Waals surface area contributed by atoms with Crippen molar-refractivity contribution in [3.05, 3.63) is 96.4 Å². The molecule has 0 aliphatic carbocycles. The van der Waals surface area contributed by atoms with Crippen LogP contribution < -0.4 is 5.32 Å². The standard InChI is InChI=1S/C22H17N3O2S/c26-18-11-17(12-23-13-18)19-14-24-22(28-19)25-21(27)20(15-7-3-1-4-8-15)16-9-5-2-6-10-16/h1-14,20,26H,(H,24,25,27). The van der Waals surface area contributed by atoms with Crippen LogP contribution in [0.4, 0.5) is 5.13 Å². The van der Waals surface area contributed by atoms with E-state index in [4.69, 9.17) is 0 Å². The highest BCUT2D eigenvalue weighted by molar-refractivity contribution is 7.19. The van der Waals surface area contributed by atoms with E-state index in [0.29, 0.717) is 5.13 Å². The Balaban J connectivity index is 1.60. The van der Waals surface area contributed by atoms with Gasteiger partial charge < -0.3 is 10.4 Å². The number of carbonyl (C=O) groups is 1. The lowest BCUT2D eigenvalue weighted by atomic mass is 9.90. The second kappa shape index (κ2) is 8.02. The monoisotopic (exact) mass is 387 g/mol. The summed E-state index contributed by atoms with van der Waals surface area (Å²) < 4.78 is 0. The third-order valence-electron chi connectivity index (χ3n) is 4.27. The van der Waals surface area contributed by atoms with Crippen LogP contribution in [0.1, 0.15) is 17.0 Å². The molecule has 0 atom stereocenters. The van der Waals surface area contributed by atoms with Gasteiger partial charge in [-0.1, -0.05) is 72.0 Å². The fourth-order valence-corrected chi connectivity index (χ4v) is 3.79. The molecule has 0 fully saturated rings. The first-order valence-corrected chi connectivity index (χ1v) is 9.53. The molecule has 5 nitrogen and oxygen atoms in total. The van der Waals surface area contributed by atoms with E-state index < -0.39 is 5.92 Å². The van der Waals surface area contributed by atoms with E-state index >= 15 is 0 Å². The van der Waals surface area contributed by atoms with Gasteiger partial charge >= 0.3 is 0 Å². The molecule has 0 saturated carbocycles. The first-order valence-electron chi connectivity index (χ1n) is 8.71. The number of carbonyl (C=O) groups excluding carboxylic acids is 1. The van der Waals surface area contributed by atoms with Gasteiger partial charge in [-0.25, -0.2) is 4.98 Å². The lowest BCUT2D eigenvalue weighted by Gasteiger charge is -2.17. The van der Waals surface area contributed by atoms with E-state index in [1.807, 2.05) is 60.7 Å². The van der Waals surface area contributed by atoms with Crippen LogP contribution in [-0.2, 0) is 4.79 Å². The molecule has 0 saturated heterocycles. The molecule has 0 radical (unpaired) electrons. The van der Waals surface area contributed by atoms with Crippen LogP contribution in [-0.4, -0.2) is 21.0 Å². The Kier molecular flexibility index (Phi) is 5.12. The summed E-state index contributed by atoms with van der Waals surface area (Å²) >= 11 is 1.34. The topological polar surface area (TPSA) is 75.1 Å². The number of hydrogen-bond donors (Lipinski definition) is 2. The van der Waals surface area contributed by atoms with Crippen LogP contribution in [0.25, 0.3) is 10.4 Å². The van der Waals surface area contributed by atoms with Gasteiger partial charge in [-0.15, -0.1) is 0 Å². The average molecular weight is 387 g/mol. The normalized spacial score (nSPS) is 10.8. The average Bonchev–Trinajstić information content (AvgIpc) is 3.18. The Morgan fingerprint density at radius 2 is 1.57 bits per heavy atom. The van der Waals surface area contributed by atoms with Crippen molar-refractivity contribution in [2.24, 2.45) is 0 Å². The maximum Gasteiger partial charge on any atom is 0.238 e. The molecule has 4 rings (SSSR count). The van der Waals surface area contributed by atoms with Crippen LogP contribution >= 0.6 is 11.3 Å². The van der Waals surface area contributed by atoms with Crippen LogP contribution in [0.5, 0.6) is 5.75 Å². The molecule has 4 aromatic rings. The summed E-state index contributed by atoms with van der Waals surface area (Å²) in [6.45, 7) is 0. The van der Waals surface area contributed by atoms with Crippen LogP contribution in [0.15, 0.2) is 85.3 Å². The highest BCUT2D eigenvalue weighted by atomic mass is 32.1. The summed E-state index contributed by atoms with van der Waals surface area (Å²) in [6.07, 6.45) is 4.68. The molecule has 138 valence electrons. The predicted octanol–water partition coefficient (Wildman–Crippen LogP) is 4.68. The quantitative estimate of drug-likeness (QED) is 0.521. The molecule has 2 aromatic heterocycles. The Labute approximate surface area is 166 Å². The van der Waals surface area contributed by atoms with Gasteiger partial charge in [0.2, 0.25) is 5.91 Å². The third-order valence-corrected chi connectivity index (χ3v) is 5.23. The molecule has 1 amide bonds. The van der Waals surface area contributed by atoms with E-state index in [0.717, 1.165) is 21.6 Å². The minimum absolute atomic E-state index is 0.0877. The Morgan fingerprint density at radius 3 is 2.18 bits per heavy atom. The number of aromatic nitrogens is 2. The Morgan fingerprint density at radius 1 is 0.929 bits per heavy atom. The fourth-order valence-electron chi connectivity index (χ4n) is 2.99. The van der Waals surface area contributed by atoms with E-state index in [2.05, 4.69) is 15.3 Å². The lowest BCUT2D eigenvalue weighted by molar-refractivity contribution is -0.116. The maximum absolute atomic E-state index is 13.1. The molecule has 0 aliphatic heterocycles. The molecule has 0 aliphatic rings. The number of nitrogens with zero attached hydrogens (tertiary/aromatic N) is 2. The molecule has 2 heterocycles. The highest BCUT2D eigenvalue weighted by Crippen LogP contribution is 2.32. The van der Waals surface area contributed by atoms with Gasteiger partial charge in [-0.2, -0.15) is 0 Å². The Hall–Kier alpha value is -3.51. The van der Waals surface area contributed by atoms with E-state index in [9.17, 15) is 9.90 Å². The van der Waals surface area contributed by atoms with Gasteiger partial charge in [-0.3, -0.25) is 9.78 Å². The van der Waals surface area contributed by atoms with Crippen molar-refractivity contribution in [3.8, 4) is 16.2 Å². The molecule has 2 aromatic carbocycles. The van der Waals surface area contributed by atoms with Gasteiger partial charge in [-0.05, 0) is 17.2 Å². The second-order valence-electron chi connectivity index (χ2n) is 6.21.